The van der Waals surface area contributed by atoms with Crippen molar-refractivity contribution in [1.82, 2.24) is 0 Å². The van der Waals surface area contributed by atoms with Crippen molar-refractivity contribution in [2.75, 3.05) is 0 Å². The fourth-order valence-corrected chi connectivity index (χ4v) is 2.55. The van der Waals surface area contributed by atoms with E-state index in [4.69, 9.17) is 46.4 Å². The van der Waals surface area contributed by atoms with Crippen molar-refractivity contribution < 1.29 is 9.59 Å². The van der Waals surface area contributed by atoms with Gasteiger partial charge in [-0.15, -0.1) is 0 Å². The van der Waals surface area contributed by atoms with Crippen molar-refractivity contribution in [2.45, 2.75) is 6.92 Å². The molecule has 0 aliphatic heterocycles. The molecule has 0 fully saturated rings. The van der Waals surface area contributed by atoms with Gasteiger partial charge in [0.25, 0.3) is 5.91 Å². The summed E-state index contributed by atoms with van der Waals surface area (Å²) in [5.74, 6) is -1.26. The number of ketones is 1. The monoisotopic (exact) mass is 361 g/mol. The van der Waals surface area contributed by atoms with Crippen LogP contribution in [0.3, 0.4) is 0 Å². The third kappa shape index (κ3) is 3.22. The smallest absolute Gasteiger partial charge is 0.277 e. The number of benzene rings is 1. The molecule has 0 aromatic heterocycles. The van der Waals surface area contributed by atoms with Gasteiger partial charge < -0.3 is 0 Å². The zero-order chi connectivity index (χ0) is 15.7. The van der Waals surface area contributed by atoms with Gasteiger partial charge >= 0.3 is 0 Å². The lowest BCUT2D eigenvalue weighted by Gasteiger charge is -2.13. The summed E-state index contributed by atoms with van der Waals surface area (Å²) in [6.07, 6.45) is 0. The van der Waals surface area contributed by atoms with E-state index in [1.54, 1.807) is 18.2 Å². The second-order valence-electron chi connectivity index (χ2n) is 4.22. The molecule has 7 heteroatoms. The highest BCUT2D eigenvalue weighted by Gasteiger charge is 2.30. The molecule has 1 aromatic rings. The van der Waals surface area contributed by atoms with Crippen LogP contribution in [0.15, 0.2) is 49.4 Å². The number of amides is 1. The SMILES string of the molecule is Cc1cccc(C(=O)N=C2C(Cl)=C(Cl)C(=O)C(Cl)=C2Cl)c1. The highest BCUT2D eigenvalue weighted by Crippen LogP contribution is 2.34. The number of carbonyl (C=O) groups is 2. The number of halogens is 4. The van der Waals surface area contributed by atoms with Gasteiger partial charge in [-0.1, -0.05) is 64.1 Å². The molecule has 1 aliphatic carbocycles. The topological polar surface area (TPSA) is 46.5 Å². The van der Waals surface area contributed by atoms with Crippen LogP contribution in [-0.4, -0.2) is 17.4 Å². The predicted octanol–water partition coefficient (Wildman–Crippen LogP) is 4.54. The van der Waals surface area contributed by atoms with Crippen LogP contribution in [0, 0.1) is 6.92 Å². The van der Waals surface area contributed by atoms with Gasteiger partial charge in [-0.25, -0.2) is 4.99 Å². The maximum atomic E-state index is 12.1. The summed E-state index contributed by atoms with van der Waals surface area (Å²) >= 11 is 23.3. The van der Waals surface area contributed by atoms with E-state index in [1.165, 1.54) is 0 Å². The largest absolute Gasteiger partial charge is 0.286 e. The van der Waals surface area contributed by atoms with Crippen LogP contribution in [0.1, 0.15) is 15.9 Å². The number of hydrogen-bond acceptors (Lipinski definition) is 2. The second kappa shape index (κ2) is 6.32. The summed E-state index contributed by atoms with van der Waals surface area (Å²) in [5.41, 5.74) is 1.15. The van der Waals surface area contributed by atoms with E-state index < -0.39 is 11.7 Å². The highest BCUT2D eigenvalue weighted by molar-refractivity contribution is 6.70. The summed E-state index contributed by atoms with van der Waals surface area (Å²) < 4.78 is 0. The Hall–Kier alpha value is -1.13. The minimum atomic E-state index is -0.699. The maximum Gasteiger partial charge on any atom is 0.277 e. The van der Waals surface area contributed by atoms with E-state index in [2.05, 4.69) is 4.99 Å². The summed E-state index contributed by atoms with van der Waals surface area (Å²) in [6, 6.07) is 6.84. The van der Waals surface area contributed by atoms with E-state index in [0.717, 1.165) is 5.56 Å². The van der Waals surface area contributed by atoms with Gasteiger partial charge in [0.1, 0.15) is 15.8 Å². The number of hydrogen-bond donors (Lipinski definition) is 0. The molecule has 1 aromatic carbocycles. The predicted molar refractivity (Wildman–Crippen MR) is 85.4 cm³/mol. The minimum absolute atomic E-state index is 0.112. The van der Waals surface area contributed by atoms with E-state index >= 15 is 0 Å². The van der Waals surface area contributed by atoms with Crippen LogP contribution in [0.25, 0.3) is 0 Å². The van der Waals surface area contributed by atoms with Crippen LogP contribution in [0.5, 0.6) is 0 Å². The Bertz CT molecular complexity index is 717. The Kier molecular flexibility index (Phi) is 4.89. The molecule has 0 unspecified atom stereocenters. The van der Waals surface area contributed by atoms with Crippen LogP contribution < -0.4 is 0 Å². The Balaban J connectivity index is 2.49. The summed E-state index contributed by atoms with van der Waals surface area (Å²) in [6.45, 7) is 1.84. The van der Waals surface area contributed by atoms with Crippen molar-refractivity contribution in [3.63, 3.8) is 0 Å². The van der Waals surface area contributed by atoms with Crippen molar-refractivity contribution in [3.8, 4) is 0 Å². The second-order valence-corrected chi connectivity index (χ2v) is 5.73. The van der Waals surface area contributed by atoms with Gasteiger partial charge in [0.15, 0.2) is 0 Å². The first-order valence-corrected chi connectivity index (χ1v) is 7.19. The molecule has 2 rings (SSSR count). The Labute approximate surface area is 140 Å². The lowest BCUT2D eigenvalue weighted by Crippen LogP contribution is -2.17. The molecule has 1 amide bonds. The number of allylic oxidation sites excluding steroid dienone is 4. The van der Waals surface area contributed by atoms with Crippen LogP contribution in [-0.2, 0) is 4.79 Å². The van der Waals surface area contributed by atoms with Crippen molar-refractivity contribution in [1.29, 1.82) is 0 Å². The average molecular weight is 363 g/mol. The third-order valence-corrected chi connectivity index (χ3v) is 4.33. The Morgan fingerprint density at radius 2 is 1.57 bits per heavy atom. The molecule has 0 N–H and O–H groups in total. The van der Waals surface area contributed by atoms with E-state index in [9.17, 15) is 9.59 Å². The standard InChI is InChI=1S/C14H7Cl4NO2/c1-6-3-2-4-7(5-6)14(21)19-12-8(15)10(17)13(20)11(18)9(12)16/h2-5H,1H3. The first-order valence-electron chi connectivity index (χ1n) is 5.68. The Morgan fingerprint density at radius 3 is 2.10 bits per heavy atom. The minimum Gasteiger partial charge on any atom is -0.286 e. The van der Waals surface area contributed by atoms with Crippen LogP contribution in [0.2, 0.25) is 0 Å². The van der Waals surface area contributed by atoms with Gasteiger partial charge in [0.05, 0.1) is 10.1 Å². The summed E-state index contributed by atoms with van der Waals surface area (Å²) in [5, 5.41) is -1.03. The molecule has 3 nitrogen and oxygen atoms in total. The molecule has 0 bridgehead atoms. The summed E-state index contributed by atoms with van der Waals surface area (Å²) in [7, 11) is 0. The fourth-order valence-electron chi connectivity index (χ4n) is 1.64. The van der Waals surface area contributed by atoms with Crippen molar-refractivity contribution in [2.24, 2.45) is 4.99 Å². The molecule has 108 valence electrons. The number of aryl methyl sites for hydroxylation is 1. The lowest BCUT2D eigenvalue weighted by atomic mass is 10.1. The molecule has 21 heavy (non-hydrogen) atoms. The first-order chi connectivity index (χ1) is 9.82. The maximum absolute atomic E-state index is 12.1. The molecule has 0 spiro atoms. The highest BCUT2D eigenvalue weighted by atomic mass is 35.5. The van der Waals surface area contributed by atoms with E-state index in [1.807, 2.05) is 13.0 Å². The quantitative estimate of drug-likeness (QED) is 0.688. The lowest BCUT2D eigenvalue weighted by molar-refractivity contribution is -0.111. The zero-order valence-corrected chi connectivity index (χ0v) is 13.6. The molecule has 0 saturated carbocycles. The number of rotatable bonds is 1. The van der Waals surface area contributed by atoms with Gasteiger partial charge in [-0.2, -0.15) is 0 Å². The molecular weight excluding hydrogens is 356 g/mol. The van der Waals surface area contributed by atoms with Crippen molar-refractivity contribution in [3.05, 3.63) is 55.5 Å². The first kappa shape index (κ1) is 16.2. The van der Waals surface area contributed by atoms with Gasteiger partial charge in [0.2, 0.25) is 5.78 Å². The molecule has 0 saturated heterocycles. The van der Waals surface area contributed by atoms with E-state index in [0.29, 0.717) is 5.56 Å². The van der Waals surface area contributed by atoms with Crippen LogP contribution in [0.4, 0.5) is 0 Å². The van der Waals surface area contributed by atoms with Crippen molar-refractivity contribution >= 4 is 63.8 Å². The normalized spacial score (nSPS) is 15.7. The Morgan fingerprint density at radius 1 is 1.00 bits per heavy atom. The molecule has 1 aliphatic rings. The van der Waals surface area contributed by atoms with Gasteiger partial charge in [0, 0.05) is 5.56 Å². The number of nitrogens with zero attached hydrogens (tertiary/aromatic N) is 1. The number of aliphatic imine (C=N–C) groups is 1. The third-order valence-electron chi connectivity index (χ3n) is 2.68. The molecule has 0 atom stereocenters. The number of carbonyl (C=O) groups excluding carboxylic acids is 2. The molecular formula is C14H7Cl4NO2. The molecule has 0 radical (unpaired) electrons. The summed E-state index contributed by atoms with van der Waals surface area (Å²) in [4.78, 5) is 27.6. The molecule has 0 heterocycles. The zero-order valence-electron chi connectivity index (χ0n) is 10.6. The van der Waals surface area contributed by atoms with Gasteiger partial charge in [-0.05, 0) is 19.1 Å². The number of Topliss-reactive ketones (excluding diaryl/α,β-unsaturated/α-hetero) is 1. The fraction of sp³-hybridized carbons (Fsp3) is 0.0714. The van der Waals surface area contributed by atoms with Crippen LogP contribution >= 0.6 is 46.4 Å². The van der Waals surface area contributed by atoms with E-state index in [-0.39, 0.29) is 25.8 Å². The average Bonchev–Trinajstić information content (AvgIpc) is 2.47. The van der Waals surface area contributed by atoms with Gasteiger partial charge in [-0.3, -0.25) is 9.59 Å².